The van der Waals surface area contributed by atoms with Crippen molar-refractivity contribution < 1.29 is 249 Å². The summed E-state index contributed by atoms with van der Waals surface area (Å²) in [6.45, 7) is -9.50. The van der Waals surface area contributed by atoms with Crippen LogP contribution in [0.5, 0.6) is 0 Å². The Bertz CT molecular complexity index is 2870. The van der Waals surface area contributed by atoms with Gasteiger partial charge in [0.15, 0.2) is 37.7 Å². The molecule has 109 heavy (non-hydrogen) atoms. The Hall–Kier alpha value is -3.39. The predicted molar refractivity (Wildman–Crippen MR) is 324 cm³/mol. The summed E-state index contributed by atoms with van der Waals surface area (Å²) in [5.41, 5.74) is 0. The van der Waals surface area contributed by atoms with Gasteiger partial charge in [-0.2, -0.15) is 0 Å². The summed E-state index contributed by atoms with van der Waals surface area (Å²) in [6, 6.07) is -1.98. The van der Waals surface area contributed by atoms with Crippen molar-refractivity contribution in [3.05, 3.63) is 0 Å². The largest absolute Gasteiger partial charge is 0.477 e. The molecule has 8 rings (SSSR count). The number of aliphatic hydroxyl groups excluding tert-OH is 29. The number of hydrogen-bond donors (Lipinski definition) is 33. The van der Waals surface area contributed by atoms with Crippen molar-refractivity contribution in [3.8, 4) is 0 Å². The quantitative estimate of drug-likeness (QED) is 0.0306. The van der Waals surface area contributed by atoms with Crippen LogP contribution < -0.4 is 5.32 Å². The van der Waals surface area contributed by atoms with Gasteiger partial charge >= 0.3 is 11.9 Å². The number of aliphatic hydroxyl groups is 30. The van der Waals surface area contributed by atoms with E-state index in [1.54, 1.807) is 0 Å². The molecule has 8 aliphatic rings. The fourth-order valence-corrected chi connectivity index (χ4v) is 13.5. The van der Waals surface area contributed by atoms with Crippen LogP contribution in [0.4, 0.5) is 0 Å². The summed E-state index contributed by atoms with van der Waals surface area (Å²) in [4.78, 5) is 38.9. The maximum absolute atomic E-state index is 13.4. The third kappa shape index (κ3) is 19.0. The van der Waals surface area contributed by atoms with Gasteiger partial charge in [0, 0.05) is 13.3 Å². The Morgan fingerprint density at radius 1 is 0.385 bits per heavy atom. The Morgan fingerprint density at radius 3 is 1.27 bits per heavy atom. The maximum Gasteiger partial charge on any atom is 0.367 e. The SMILES string of the molecule is CC(=O)N[C@H]1[C@H](O[C@@H]2[C@H](O)[C@@H](O[C@@H]3[C@H](O)[C@@H](O[C@H]4[C@@H]([C@H](O)CO)O[C@@](O)(C(=O)O)C[C@H]4O[C@@]4(C(=O)O)O[C@H]([C@H](O)CO)[C@H](O)[C@H](O)[C@@H]4O)O[C@H]([C@@H](O)CO)[C@H]3O[C@@H]3O[C@H](CO)[C@@H](O)[C@H](O)[C@H]3O)O[C@H]([C@@H](O)CO[C@H]3O[C@H]([C@@H](O)CO[C@H]4O[C@H]([C@H](O)CO)[C@@H](O)[C@H](O)[C@@H]4O)[C@@H](O)[C@H](O)[C@@H]3O)[C@H]2O)O[C@H](CO)[C@@H](O)[C@@H]1O. The van der Waals surface area contributed by atoms with Crippen molar-refractivity contribution >= 4 is 17.8 Å². The maximum atomic E-state index is 13.4. The van der Waals surface area contributed by atoms with Crippen LogP contribution in [0.3, 0.4) is 0 Å². The molecule has 51 nitrogen and oxygen atoms in total. The second-order valence-corrected chi connectivity index (χ2v) is 27.1. The molecule has 8 aliphatic heterocycles. The molecule has 51 heteroatoms. The third-order valence-electron chi connectivity index (χ3n) is 19.7. The van der Waals surface area contributed by atoms with E-state index in [-0.39, 0.29) is 0 Å². The first-order valence-electron chi connectivity index (χ1n) is 33.7. The van der Waals surface area contributed by atoms with Crippen LogP contribution in [0.15, 0.2) is 0 Å². The van der Waals surface area contributed by atoms with Crippen LogP contribution in [-0.4, -0.2) is 509 Å². The van der Waals surface area contributed by atoms with Gasteiger partial charge in [-0.25, -0.2) is 9.59 Å². The number of carboxylic acid groups (broad SMARTS) is 2. The molecule has 8 saturated heterocycles. The molecule has 0 unspecified atom stereocenters. The fourth-order valence-electron chi connectivity index (χ4n) is 13.5. The van der Waals surface area contributed by atoms with Gasteiger partial charge in [0.25, 0.3) is 11.6 Å². The first-order valence-corrected chi connectivity index (χ1v) is 33.7. The Morgan fingerprint density at radius 2 is 0.771 bits per heavy atom. The Labute approximate surface area is 612 Å². The van der Waals surface area contributed by atoms with Crippen LogP contribution in [0.25, 0.3) is 0 Å². The highest BCUT2D eigenvalue weighted by atomic mass is 16.8. The number of amides is 1. The number of hydrogen-bond acceptors (Lipinski definition) is 48. The van der Waals surface area contributed by atoms with Crippen molar-refractivity contribution in [1.29, 1.82) is 0 Å². The minimum atomic E-state index is -3.97. The molecule has 45 atom stereocenters. The first kappa shape index (κ1) is 91.1. The predicted octanol–water partition coefficient (Wildman–Crippen LogP) is -22.2. The summed E-state index contributed by atoms with van der Waals surface area (Å²) in [6.07, 6.45) is -104. The van der Waals surface area contributed by atoms with Gasteiger partial charge in [0.2, 0.25) is 5.91 Å². The lowest BCUT2D eigenvalue weighted by Gasteiger charge is -2.53. The highest BCUT2D eigenvalue weighted by Gasteiger charge is 2.67. The molecule has 0 aromatic carbocycles. The van der Waals surface area contributed by atoms with Gasteiger partial charge in [0.1, 0.15) is 220 Å². The molecule has 0 spiro atoms. The van der Waals surface area contributed by atoms with E-state index in [9.17, 15) is 178 Å². The third-order valence-corrected chi connectivity index (χ3v) is 19.7. The zero-order valence-electron chi connectivity index (χ0n) is 56.8. The summed E-state index contributed by atoms with van der Waals surface area (Å²) in [5.74, 6) is -13.7. The van der Waals surface area contributed by atoms with E-state index in [0.29, 0.717) is 0 Å². The minimum Gasteiger partial charge on any atom is -0.477 e. The molecule has 0 aliphatic carbocycles. The monoisotopic (exact) mass is 1610 g/mol. The molecule has 0 bridgehead atoms. The summed E-state index contributed by atoms with van der Waals surface area (Å²) in [7, 11) is 0. The van der Waals surface area contributed by atoms with Crippen LogP contribution in [-0.2, 0) is 85.4 Å². The highest BCUT2D eigenvalue weighted by Crippen LogP contribution is 2.44. The molecule has 33 N–H and O–H groups in total. The van der Waals surface area contributed by atoms with Gasteiger partial charge in [-0.15, -0.1) is 0 Å². The molecule has 0 aromatic heterocycles. The van der Waals surface area contributed by atoms with Crippen LogP contribution in [0, 0.1) is 0 Å². The summed E-state index contributed by atoms with van der Waals surface area (Å²) >= 11 is 0. The standard InChI is InChI=1S/C58H97NO50/c1-11(66)59-21-24(75)22(73)19(7-64)97-49(21)104-45-35(86)40(17(72)10-96-51-33(84)27(78)29(80)39(100-51)16(71)9-95-50-32(83)26(77)28(79)38(99-50)12(67)3-60)101-53(36(45)87)105-46-37(88)54(102-42(14(69)5-62)47(46)106-52-34(85)25(76)23(74)20(8-65)98-52)103-44-18(2-57(94,55(90)91)108-43(44)15(70)6-63)107-58(56(92)93)48(89)31(82)30(81)41(109-58)13(68)4-61/h12-54,60-65,67-89,94H,2-10H2,1H3,(H,59,66)(H,90,91)(H,92,93)/t12-,13-,14+,15-,16+,17+,18-,19-,20-,21-,22-,23-,24-,25+,26+,27+,28+,29+,30-,31+,32+,33+,34-,35-,36+,37+,38-,39-,40-,41-,42-,43-,44-,45+,46-,47-,48+,49+,50+,51+,52+,53-,54-,57-,58-/m1/s1. The van der Waals surface area contributed by atoms with Crippen molar-refractivity contribution in [1.82, 2.24) is 5.32 Å². The minimum absolute atomic E-state index is 0.879. The van der Waals surface area contributed by atoms with Crippen molar-refractivity contribution in [2.75, 3.05) is 52.9 Å². The molecular formula is C58H97NO50. The van der Waals surface area contributed by atoms with E-state index in [1.807, 2.05) is 0 Å². The van der Waals surface area contributed by atoms with E-state index in [2.05, 4.69) is 5.32 Å². The normalized spacial score (nSPS) is 48.3. The van der Waals surface area contributed by atoms with Crippen LogP contribution in [0.2, 0.25) is 0 Å². The number of aliphatic carboxylic acids is 2. The van der Waals surface area contributed by atoms with Crippen LogP contribution >= 0.6 is 0 Å². The van der Waals surface area contributed by atoms with E-state index in [0.717, 1.165) is 6.92 Å². The topological polar surface area (TPSA) is 849 Å². The first-order chi connectivity index (χ1) is 51.1. The van der Waals surface area contributed by atoms with Gasteiger partial charge in [-0.05, 0) is 0 Å². The number of carbonyl (C=O) groups is 3. The van der Waals surface area contributed by atoms with Gasteiger partial charge in [0.05, 0.1) is 59.0 Å². The summed E-state index contributed by atoms with van der Waals surface area (Å²) < 4.78 is 85.4. The molecule has 8 heterocycles. The molecule has 1 amide bonds. The second-order valence-electron chi connectivity index (χ2n) is 27.1. The lowest BCUT2D eigenvalue weighted by atomic mass is 9.88. The fraction of sp³-hybridized carbons (Fsp3) is 0.948. The average Bonchev–Trinajstić information content (AvgIpc) is 0.743. The van der Waals surface area contributed by atoms with Crippen molar-refractivity contribution in [2.24, 2.45) is 0 Å². The lowest BCUT2D eigenvalue weighted by Crippen LogP contribution is -2.73. The zero-order chi connectivity index (χ0) is 81.2. The zero-order valence-corrected chi connectivity index (χ0v) is 56.8. The van der Waals surface area contributed by atoms with Gasteiger partial charge < -0.3 is 240 Å². The molecule has 634 valence electrons. The Kier molecular flexibility index (Phi) is 31.9. The second kappa shape index (κ2) is 38.1. The number of rotatable bonds is 31. The van der Waals surface area contributed by atoms with Crippen LogP contribution in [0.1, 0.15) is 13.3 Å². The number of carboxylic acids is 2. The highest BCUT2D eigenvalue weighted by molar-refractivity contribution is 5.77. The van der Waals surface area contributed by atoms with Gasteiger partial charge in [-0.3, -0.25) is 4.79 Å². The van der Waals surface area contributed by atoms with Gasteiger partial charge in [-0.1, -0.05) is 0 Å². The number of nitrogens with one attached hydrogen (secondary N) is 1. The molecule has 0 radical (unpaired) electrons. The molecule has 0 aromatic rings. The number of carbonyl (C=O) groups excluding carboxylic acids is 1. The van der Waals surface area contributed by atoms with E-state index < -0.39 is 352 Å². The van der Waals surface area contributed by atoms with Crippen molar-refractivity contribution in [3.63, 3.8) is 0 Å². The molecule has 8 fully saturated rings. The summed E-state index contributed by atoms with van der Waals surface area (Å²) in [5, 5.41) is 353. The average molecular weight is 1610 g/mol. The van der Waals surface area contributed by atoms with E-state index >= 15 is 0 Å². The van der Waals surface area contributed by atoms with Crippen molar-refractivity contribution in [2.45, 2.75) is 288 Å². The molecular weight excluding hydrogens is 1510 g/mol. The van der Waals surface area contributed by atoms with E-state index in [4.69, 9.17) is 71.1 Å². The smallest absolute Gasteiger partial charge is 0.367 e. The number of ether oxygens (including phenoxy) is 15. The van der Waals surface area contributed by atoms with E-state index in [1.165, 1.54) is 0 Å². The Balaban J connectivity index is 1.20. The molecule has 0 saturated carbocycles. The lowest BCUT2D eigenvalue weighted by molar-refractivity contribution is -0.420.